The number of hydrogen-bond acceptors (Lipinski definition) is 4. The van der Waals surface area contributed by atoms with Crippen LogP contribution >= 0.6 is 0 Å². The Morgan fingerprint density at radius 1 is 1.16 bits per heavy atom. The van der Waals surface area contributed by atoms with Crippen LogP contribution in [0.5, 0.6) is 11.6 Å². The average Bonchev–Trinajstić information content (AvgIpc) is 2.47. The molecule has 0 saturated heterocycles. The lowest BCUT2D eigenvalue weighted by Gasteiger charge is -2.17. The number of nitrogens with zero attached hydrogens (tertiary/aromatic N) is 1. The van der Waals surface area contributed by atoms with Crippen molar-refractivity contribution in [1.29, 1.82) is 0 Å². The van der Waals surface area contributed by atoms with Crippen LogP contribution in [-0.2, 0) is 0 Å². The molecule has 0 aliphatic rings. The van der Waals surface area contributed by atoms with Crippen molar-refractivity contribution in [3.63, 3.8) is 0 Å². The fourth-order valence-electron chi connectivity index (χ4n) is 1.94. The summed E-state index contributed by atoms with van der Waals surface area (Å²) in [7, 11) is 1.53. The van der Waals surface area contributed by atoms with E-state index in [4.69, 9.17) is 9.47 Å². The van der Waals surface area contributed by atoms with Crippen molar-refractivity contribution in [2.45, 2.75) is 13.0 Å². The summed E-state index contributed by atoms with van der Waals surface area (Å²) in [5, 5.41) is 10.5. The first-order valence-electron chi connectivity index (χ1n) is 6.16. The van der Waals surface area contributed by atoms with Gasteiger partial charge in [-0.3, -0.25) is 0 Å². The van der Waals surface area contributed by atoms with Crippen LogP contribution in [0.1, 0.15) is 24.2 Å². The summed E-state index contributed by atoms with van der Waals surface area (Å²) in [4.78, 5) is 4.10. The highest BCUT2D eigenvalue weighted by Crippen LogP contribution is 2.33. The van der Waals surface area contributed by atoms with Crippen LogP contribution in [-0.4, -0.2) is 23.8 Å². The normalized spacial score (nSPS) is 11.9. The van der Waals surface area contributed by atoms with Crippen LogP contribution in [0.15, 0.2) is 42.6 Å². The van der Waals surface area contributed by atoms with Gasteiger partial charge in [0, 0.05) is 17.3 Å². The molecule has 1 aromatic carbocycles. The molecular weight excluding hydrogens is 242 g/mol. The van der Waals surface area contributed by atoms with E-state index in [1.54, 1.807) is 18.3 Å². The minimum absolute atomic E-state index is 0.418. The van der Waals surface area contributed by atoms with Gasteiger partial charge in [0.05, 0.1) is 13.7 Å². The Morgan fingerprint density at radius 3 is 2.63 bits per heavy atom. The van der Waals surface area contributed by atoms with Gasteiger partial charge in [0.15, 0.2) is 0 Å². The molecule has 0 amide bonds. The number of pyridine rings is 1. The van der Waals surface area contributed by atoms with Gasteiger partial charge in [-0.05, 0) is 25.1 Å². The Labute approximate surface area is 112 Å². The molecule has 0 fully saturated rings. The summed E-state index contributed by atoms with van der Waals surface area (Å²) in [6.45, 7) is 2.46. The van der Waals surface area contributed by atoms with Crippen LogP contribution in [0.25, 0.3) is 0 Å². The molecule has 0 spiro atoms. The molecule has 1 aromatic heterocycles. The number of methoxy groups -OCH3 is 1. The number of rotatable bonds is 5. The van der Waals surface area contributed by atoms with E-state index in [0.717, 1.165) is 0 Å². The monoisotopic (exact) mass is 259 g/mol. The molecule has 19 heavy (non-hydrogen) atoms. The van der Waals surface area contributed by atoms with Gasteiger partial charge >= 0.3 is 0 Å². The summed E-state index contributed by atoms with van der Waals surface area (Å²) in [5.41, 5.74) is 1.33. The van der Waals surface area contributed by atoms with Crippen molar-refractivity contribution in [2.24, 2.45) is 0 Å². The van der Waals surface area contributed by atoms with Gasteiger partial charge in [0.25, 0.3) is 0 Å². The number of aliphatic hydroxyl groups is 1. The van der Waals surface area contributed by atoms with E-state index in [9.17, 15) is 5.11 Å². The highest BCUT2D eigenvalue weighted by atomic mass is 16.5. The molecule has 0 saturated carbocycles. The lowest BCUT2D eigenvalue weighted by molar-refractivity contribution is 0.205. The van der Waals surface area contributed by atoms with Gasteiger partial charge < -0.3 is 14.6 Å². The third-order valence-electron chi connectivity index (χ3n) is 2.80. The molecule has 1 atom stereocenters. The zero-order chi connectivity index (χ0) is 13.7. The van der Waals surface area contributed by atoms with Gasteiger partial charge in [0.1, 0.15) is 11.9 Å². The largest absolute Gasteiger partial charge is 0.493 e. The van der Waals surface area contributed by atoms with Gasteiger partial charge in [-0.2, -0.15) is 0 Å². The van der Waals surface area contributed by atoms with Crippen molar-refractivity contribution in [3.05, 3.63) is 53.7 Å². The Kier molecular flexibility index (Phi) is 4.36. The molecule has 0 bridgehead atoms. The summed E-state index contributed by atoms with van der Waals surface area (Å²) in [5.74, 6) is 1.09. The van der Waals surface area contributed by atoms with E-state index in [1.165, 1.54) is 7.11 Å². The number of para-hydroxylation sites is 1. The van der Waals surface area contributed by atoms with Crippen molar-refractivity contribution in [2.75, 3.05) is 13.7 Å². The van der Waals surface area contributed by atoms with Crippen molar-refractivity contribution in [1.82, 2.24) is 4.98 Å². The van der Waals surface area contributed by atoms with E-state index in [0.29, 0.717) is 29.4 Å². The minimum atomic E-state index is -0.827. The van der Waals surface area contributed by atoms with Crippen LogP contribution in [0.2, 0.25) is 0 Å². The SMILES string of the molecule is CCOc1ccccc1C(O)c1cccnc1OC. The maximum atomic E-state index is 10.5. The van der Waals surface area contributed by atoms with E-state index in [2.05, 4.69) is 4.98 Å². The molecule has 1 heterocycles. The second-order valence-corrected chi connectivity index (χ2v) is 3.98. The standard InChI is InChI=1S/C15H17NO3/c1-3-19-13-9-5-4-7-11(13)14(17)12-8-6-10-16-15(12)18-2/h4-10,14,17H,3H2,1-2H3. The first kappa shape index (κ1) is 13.4. The first-order valence-corrected chi connectivity index (χ1v) is 6.16. The van der Waals surface area contributed by atoms with Crippen molar-refractivity contribution < 1.29 is 14.6 Å². The van der Waals surface area contributed by atoms with E-state index in [-0.39, 0.29) is 0 Å². The molecule has 4 nitrogen and oxygen atoms in total. The number of aromatic nitrogens is 1. The topological polar surface area (TPSA) is 51.6 Å². The summed E-state index contributed by atoms with van der Waals surface area (Å²) < 4.78 is 10.7. The fourth-order valence-corrected chi connectivity index (χ4v) is 1.94. The van der Waals surface area contributed by atoms with E-state index < -0.39 is 6.10 Å². The fraction of sp³-hybridized carbons (Fsp3) is 0.267. The number of hydrogen-bond donors (Lipinski definition) is 1. The third kappa shape index (κ3) is 2.85. The molecule has 1 N–H and O–H groups in total. The minimum Gasteiger partial charge on any atom is -0.493 e. The zero-order valence-corrected chi connectivity index (χ0v) is 11.0. The first-order chi connectivity index (χ1) is 9.27. The van der Waals surface area contributed by atoms with Crippen molar-refractivity contribution in [3.8, 4) is 11.6 Å². The Balaban J connectivity index is 2.41. The average molecular weight is 259 g/mol. The number of aliphatic hydroxyl groups excluding tert-OH is 1. The lowest BCUT2D eigenvalue weighted by Crippen LogP contribution is -2.06. The molecule has 2 rings (SSSR count). The van der Waals surface area contributed by atoms with Gasteiger partial charge in [-0.25, -0.2) is 4.98 Å². The maximum absolute atomic E-state index is 10.5. The lowest BCUT2D eigenvalue weighted by atomic mass is 10.0. The molecule has 1 unspecified atom stereocenters. The third-order valence-corrected chi connectivity index (χ3v) is 2.80. The van der Waals surface area contributed by atoms with Crippen LogP contribution in [0, 0.1) is 0 Å². The molecule has 0 radical (unpaired) electrons. The highest BCUT2D eigenvalue weighted by Gasteiger charge is 2.19. The summed E-state index contributed by atoms with van der Waals surface area (Å²) in [6.07, 6.45) is 0.801. The molecular formula is C15H17NO3. The predicted molar refractivity (Wildman–Crippen MR) is 72.5 cm³/mol. The quantitative estimate of drug-likeness (QED) is 0.896. The molecule has 4 heteroatoms. The van der Waals surface area contributed by atoms with Gasteiger partial charge in [0.2, 0.25) is 5.88 Å². The smallest absolute Gasteiger partial charge is 0.219 e. The second-order valence-electron chi connectivity index (χ2n) is 3.98. The predicted octanol–water partition coefficient (Wildman–Crippen LogP) is 2.57. The number of ether oxygens (including phenoxy) is 2. The van der Waals surface area contributed by atoms with E-state index >= 15 is 0 Å². The molecule has 100 valence electrons. The molecule has 0 aliphatic heterocycles. The van der Waals surface area contributed by atoms with Crippen LogP contribution < -0.4 is 9.47 Å². The highest BCUT2D eigenvalue weighted by molar-refractivity contribution is 5.42. The van der Waals surface area contributed by atoms with Crippen LogP contribution in [0.4, 0.5) is 0 Å². The Morgan fingerprint density at radius 2 is 1.89 bits per heavy atom. The van der Waals surface area contributed by atoms with Gasteiger partial charge in [-0.15, -0.1) is 0 Å². The Bertz CT molecular complexity index is 542. The Hall–Kier alpha value is -2.07. The second kappa shape index (κ2) is 6.20. The summed E-state index contributed by atoms with van der Waals surface area (Å²) >= 11 is 0. The zero-order valence-electron chi connectivity index (χ0n) is 11.0. The van der Waals surface area contributed by atoms with Gasteiger partial charge in [-0.1, -0.05) is 18.2 Å². The van der Waals surface area contributed by atoms with Crippen LogP contribution in [0.3, 0.4) is 0 Å². The van der Waals surface area contributed by atoms with E-state index in [1.807, 2.05) is 31.2 Å². The number of benzene rings is 1. The van der Waals surface area contributed by atoms with Crippen molar-refractivity contribution >= 4 is 0 Å². The molecule has 0 aliphatic carbocycles. The summed E-state index contributed by atoms with van der Waals surface area (Å²) in [6, 6.07) is 11.0. The maximum Gasteiger partial charge on any atom is 0.219 e. The molecule has 2 aromatic rings.